The monoisotopic (exact) mass is 401 g/mol. The molecule has 0 aliphatic heterocycles. The topological polar surface area (TPSA) is 94.8 Å². The third-order valence-corrected chi connectivity index (χ3v) is 5.40. The number of benzene rings is 1. The summed E-state index contributed by atoms with van der Waals surface area (Å²) in [4.78, 5) is 35.9. The molecule has 1 aliphatic rings. The van der Waals surface area contributed by atoms with E-state index in [1.54, 1.807) is 25.1 Å². The van der Waals surface area contributed by atoms with Crippen LogP contribution in [0.25, 0.3) is 11.0 Å². The van der Waals surface area contributed by atoms with Crippen LogP contribution in [-0.4, -0.2) is 30.6 Å². The molecule has 0 radical (unpaired) electrons. The van der Waals surface area contributed by atoms with Crippen molar-refractivity contribution in [1.29, 1.82) is 0 Å². The highest BCUT2D eigenvalue weighted by Gasteiger charge is 2.26. The van der Waals surface area contributed by atoms with Crippen molar-refractivity contribution in [3.05, 3.63) is 40.2 Å². The van der Waals surface area contributed by atoms with E-state index in [1.807, 2.05) is 6.92 Å². The Hall–Kier alpha value is -2.83. The van der Waals surface area contributed by atoms with Crippen LogP contribution in [0.5, 0.6) is 5.75 Å². The molecule has 1 fully saturated rings. The Morgan fingerprint density at radius 1 is 1.24 bits per heavy atom. The predicted molar refractivity (Wildman–Crippen MR) is 108 cm³/mol. The van der Waals surface area contributed by atoms with E-state index in [4.69, 9.17) is 13.9 Å². The average Bonchev–Trinajstić information content (AvgIpc) is 2.67. The second-order valence-corrected chi connectivity index (χ2v) is 7.70. The number of ether oxygens (including phenoxy) is 2. The first kappa shape index (κ1) is 20.9. The molecule has 2 aromatic rings. The molecule has 0 unspecified atom stereocenters. The first-order valence-corrected chi connectivity index (χ1v) is 10.0. The van der Waals surface area contributed by atoms with Crippen molar-refractivity contribution in [2.75, 3.05) is 6.61 Å². The van der Waals surface area contributed by atoms with Crippen LogP contribution in [0.2, 0.25) is 0 Å². The fraction of sp³-hybridized carbons (Fsp3) is 0.500. The van der Waals surface area contributed by atoms with Gasteiger partial charge < -0.3 is 19.2 Å². The van der Waals surface area contributed by atoms with Crippen molar-refractivity contribution < 1.29 is 23.5 Å². The molecule has 0 bridgehead atoms. The van der Waals surface area contributed by atoms with Gasteiger partial charge in [-0.05, 0) is 50.3 Å². The molecule has 0 spiro atoms. The molecule has 1 aliphatic carbocycles. The maximum Gasteiger partial charge on any atom is 0.344 e. The van der Waals surface area contributed by atoms with Gasteiger partial charge in [0.2, 0.25) is 0 Å². The Kier molecular flexibility index (Phi) is 6.56. The summed E-state index contributed by atoms with van der Waals surface area (Å²) < 4.78 is 15.8. The van der Waals surface area contributed by atoms with Crippen LogP contribution in [-0.2, 0) is 14.3 Å². The van der Waals surface area contributed by atoms with Gasteiger partial charge in [0.15, 0.2) is 12.7 Å². The number of esters is 1. The zero-order valence-electron chi connectivity index (χ0n) is 17.0. The van der Waals surface area contributed by atoms with Gasteiger partial charge in [-0.15, -0.1) is 0 Å². The number of carbonyl (C=O) groups excluding carboxylic acids is 2. The molecule has 1 saturated carbocycles. The minimum Gasteiger partial charge on any atom is -0.482 e. The molecule has 1 aromatic heterocycles. The molecule has 0 saturated heterocycles. The molecule has 1 heterocycles. The van der Waals surface area contributed by atoms with Crippen LogP contribution in [0.4, 0.5) is 0 Å². The van der Waals surface area contributed by atoms with Gasteiger partial charge in [-0.3, -0.25) is 4.79 Å². The maximum atomic E-state index is 12.3. The number of rotatable bonds is 6. The summed E-state index contributed by atoms with van der Waals surface area (Å²) in [6.45, 7) is 5.15. The van der Waals surface area contributed by atoms with Crippen molar-refractivity contribution in [3.8, 4) is 5.75 Å². The van der Waals surface area contributed by atoms with E-state index in [9.17, 15) is 14.4 Å². The van der Waals surface area contributed by atoms with Crippen molar-refractivity contribution in [3.63, 3.8) is 0 Å². The standard InChI is InChI=1S/C22H27NO6/c1-13-6-4-5-7-18(13)23-22(26)15(3)28-21(25)12-27-16-8-9-17-14(2)10-20(24)29-19(17)11-16/h8-11,13,15,18H,4-7,12H2,1-3H3,(H,23,26)/t13-,15+,18-/m0/s1. The van der Waals surface area contributed by atoms with Crippen molar-refractivity contribution >= 4 is 22.8 Å². The summed E-state index contributed by atoms with van der Waals surface area (Å²) in [7, 11) is 0. The molecule has 7 nitrogen and oxygen atoms in total. The summed E-state index contributed by atoms with van der Waals surface area (Å²) in [6, 6.07) is 6.54. The Balaban J connectivity index is 1.52. The summed E-state index contributed by atoms with van der Waals surface area (Å²) in [5.41, 5.74) is 0.739. The summed E-state index contributed by atoms with van der Waals surface area (Å²) in [6.07, 6.45) is 3.44. The molecule has 7 heteroatoms. The van der Waals surface area contributed by atoms with E-state index in [1.165, 1.54) is 12.5 Å². The minimum atomic E-state index is -0.891. The lowest BCUT2D eigenvalue weighted by molar-refractivity contribution is -0.157. The predicted octanol–water partition coefficient (Wildman–Crippen LogP) is 3.11. The highest BCUT2D eigenvalue weighted by atomic mass is 16.6. The van der Waals surface area contributed by atoms with Crippen LogP contribution in [0.1, 0.15) is 45.1 Å². The van der Waals surface area contributed by atoms with Crippen LogP contribution >= 0.6 is 0 Å². The van der Waals surface area contributed by atoms with E-state index in [-0.39, 0.29) is 18.6 Å². The Labute approximate surface area is 169 Å². The zero-order chi connectivity index (χ0) is 21.0. The van der Waals surface area contributed by atoms with Gasteiger partial charge in [-0.25, -0.2) is 9.59 Å². The maximum absolute atomic E-state index is 12.3. The van der Waals surface area contributed by atoms with Crippen LogP contribution < -0.4 is 15.7 Å². The molecular weight excluding hydrogens is 374 g/mol. The highest BCUT2D eigenvalue weighted by molar-refractivity contribution is 5.84. The van der Waals surface area contributed by atoms with Gasteiger partial charge in [0.25, 0.3) is 5.91 Å². The van der Waals surface area contributed by atoms with E-state index in [0.717, 1.165) is 30.2 Å². The third kappa shape index (κ3) is 5.37. The number of hydrogen-bond acceptors (Lipinski definition) is 6. The smallest absolute Gasteiger partial charge is 0.344 e. The van der Waals surface area contributed by atoms with E-state index in [0.29, 0.717) is 17.3 Å². The quantitative estimate of drug-likeness (QED) is 0.590. The second kappa shape index (κ2) is 9.11. The van der Waals surface area contributed by atoms with Gasteiger partial charge in [0.05, 0.1) is 0 Å². The normalized spacial score (nSPS) is 20.1. The van der Waals surface area contributed by atoms with E-state index >= 15 is 0 Å². The van der Waals surface area contributed by atoms with E-state index < -0.39 is 17.7 Å². The fourth-order valence-corrected chi connectivity index (χ4v) is 3.65. The first-order chi connectivity index (χ1) is 13.8. The molecular formula is C22H27NO6. The summed E-state index contributed by atoms with van der Waals surface area (Å²) in [5, 5.41) is 3.77. The number of nitrogens with one attached hydrogen (secondary N) is 1. The summed E-state index contributed by atoms with van der Waals surface area (Å²) in [5.74, 6) is -0.137. The van der Waals surface area contributed by atoms with Crippen LogP contribution in [0, 0.1) is 12.8 Å². The van der Waals surface area contributed by atoms with Crippen LogP contribution in [0.3, 0.4) is 0 Å². The number of hydrogen-bond donors (Lipinski definition) is 1. The SMILES string of the molecule is Cc1cc(=O)oc2cc(OCC(=O)O[C@H](C)C(=O)N[C@H]3CCCC[C@@H]3C)ccc12. The van der Waals surface area contributed by atoms with Crippen molar-refractivity contribution in [1.82, 2.24) is 5.32 Å². The molecule has 1 N–H and O–H groups in total. The number of carbonyl (C=O) groups is 2. The number of fused-ring (bicyclic) bond motifs is 1. The van der Waals surface area contributed by atoms with Gasteiger partial charge in [-0.1, -0.05) is 19.8 Å². The molecule has 1 aromatic carbocycles. The average molecular weight is 401 g/mol. The van der Waals surface area contributed by atoms with Gasteiger partial charge >= 0.3 is 11.6 Å². The Morgan fingerprint density at radius 2 is 2.00 bits per heavy atom. The largest absolute Gasteiger partial charge is 0.482 e. The van der Waals surface area contributed by atoms with Gasteiger partial charge in [0, 0.05) is 23.6 Å². The van der Waals surface area contributed by atoms with Gasteiger partial charge in [-0.2, -0.15) is 0 Å². The minimum absolute atomic E-state index is 0.129. The Bertz CT molecular complexity index is 950. The lowest BCUT2D eigenvalue weighted by Crippen LogP contribution is -2.46. The van der Waals surface area contributed by atoms with Crippen molar-refractivity contribution in [2.45, 2.75) is 58.6 Å². The molecule has 3 atom stereocenters. The molecule has 1 amide bonds. The summed E-state index contributed by atoms with van der Waals surface area (Å²) >= 11 is 0. The lowest BCUT2D eigenvalue weighted by atomic mass is 9.86. The van der Waals surface area contributed by atoms with Crippen molar-refractivity contribution in [2.24, 2.45) is 5.92 Å². The zero-order valence-corrected chi connectivity index (χ0v) is 17.0. The Morgan fingerprint density at radius 3 is 2.76 bits per heavy atom. The number of amides is 1. The van der Waals surface area contributed by atoms with Gasteiger partial charge in [0.1, 0.15) is 11.3 Å². The second-order valence-electron chi connectivity index (χ2n) is 7.70. The van der Waals surface area contributed by atoms with E-state index in [2.05, 4.69) is 12.2 Å². The molecule has 29 heavy (non-hydrogen) atoms. The third-order valence-electron chi connectivity index (χ3n) is 5.40. The highest BCUT2D eigenvalue weighted by Crippen LogP contribution is 2.24. The lowest BCUT2D eigenvalue weighted by Gasteiger charge is -2.30. The molecule has 3 rings (SSSR count). The first-order valence-electron chi connectivity index (χ1n) is 10.0. The van der Waals surface area contributed by atoms with Crippen LogP contribution in [0.15, 0.2) is 33.5 Å². The molecule has 156 valence electrons. The fourth-order valence-electron chi connectivity index (χ4n) is 3.65. The number of aryl methyl sites for hydroxylation is 1.